The van der Waals surface area contributed by atoms with E-state index in [1.54, 1.807) is 0 Å². The fourth-order valence-corrected chi connectivity index (χ4v) is 19.2. The highest BCUT2D eigenvalue weighted by Crippen LogP contribution is 2.57. The molecule has 16 aromatic carbocycles. The standard InChI is InChI=1S/C92H62N2O4S2/c1-41(2)71-37-53(99)38-72(42(3)4)87(71)93-89(95)67-25-21-59-55-13-17-63-75-33-49-29-45-9-11-47-31-51-35-77-65-19-15-57-61-23-27-69-86-70(92(98)94(91(69)97)88-73(43(5)6)39-54(100)40-74(88)44(7)8)28-24-62(82(61)86)58-16-20-66(84(65)80(57)58)78(77)36-52(51)32-48(47)12-10-46(45)30-50(49)34-76(75)64-18-14-56(79(55)83(63)64)60-22-26-68(90(93)96)85(67)81(59)60/h9-44,99-100H,1-8H3/b11-9-,12-10-,45-9?,46-10?,47-11?,48-12?. The van der Waals surface area contributed by atoms with Crippen molar-refractivity contribution in [3.05, 3.63) is 237 Å². The van der Waals surface area contributed by atoms with Crippen LogP contribution in [0, 0.1) is 0 Å². The first-order valence-electron chi connectivity index (χ1n) is 34.9. The molecular formula is C92H62N2O4S2. The number of thiol groups is 2. The molecule has 0 fully saturated rings. The minimum absolute atomic E-state index is 0.0581. The van der Waals surface area contributed by atoms with E-state index in [0.717, 1.165) is 119 Å². The van der Waals surface area contributed by atoms with E-state index in [-0.39, 0.29) is 47.3 Å². The highest BCUT2D eigenvalue weighted by atomic mass is 32.1. The molecule has 0 bridgehead atoms. The van der Waals surface area contributed by atoms with Crippen molar-refractivity contribution < 1.29 is 19.2 Å². The average molecular weight is 1320 g/mol. The Morgan fingerprint density at radius 3 is 0.650 bits per heavy atom. The van der Waals surface area contributed by atoms with E-state index in [2.05, 4.69) is 201 Å². The lowest BCUT2D eigenvalue weighted by Gasteiger charge is -2.33. The zero-order chi connectivity index (χ0) is 67.8. The second-order valence-corrected chi connectivity index (χ2v) is 30.9. The van der Waals surface area contributed by atoms with Crippen molar-refractivity contribution in [3.8, 4) is 44.5 Å². The molecule has 21 rings (SSSR count). The van der Waals surface area contributed by atoms with Crippen LogP contribution in [0.5, 0.6) is 0 Å². The molecule has 0 saturated heterocycles. The van der Waals surface area contributed by atoms with Crippen LogP contribution in [0.2, 0.25) is 0 Å². The van der Waals surface area contributed by atoms with Gasteiger partial charge in [0.1, 0.15) is 0 Å². The van der Waals surface area contributed by atoms with Crippen molar-refractivity contribution in [2.24, 2.45) is 0 Å². The number of nitrogens with zero attached hydrogens (tertiary/aromatic N) is 2. The van der Waals surface area contributed by atoms with Crippen LogP contribution in [0.1, 0.15) is 165 Å². The summed E-state index contributed by atoms with van der Waals surface area (Å²) >= 11 is 9.53. The predicted molar refractivity (Wildman–Crippen MR) is 423 cm³/mol. The van der Waals surface area contributed by atoms with Crippen molar-refractivity contribution in [1.29, 1.82) is 0 Å². The monoisotopic (exact) mass is 1320 g/mol. The maximum absolute atomic E-state index is 15.1. The zero-order valence-electron chi connectivity index (χ0n) is 56.2. The van der Waals surface area contributed by atoms with Crippen LogP contribution in [-0.4, -0.2) is 23.6 Å². The van der Waals surface area contributed by atoms with E-state index in [9.17, 15) is 0 Å². The molecule has 476 valence electrons. The molecule has 0 N–H and O–H groups in total. The largest absolute Gasteiger partial charge is 0.268 e. The Bertz CT molecular complexity index is 6000. The molecule has 4 amide bonds. The van der Waals surface area contributed by atoms with E-state index >= 15 is 19.2 Å². The Hall–Kier alpha value is -10.9. The molecule has 0 atom stereocenters. The van der Waals surface area contributed by atoms with Crippen LogP contribution >= 0.6 is 25.3 Å². The van der Waals surface area contributed by atoms with Crippen LogP contribution in [0.3, 0.4) is 0 Å². The molecule has 0 radical (unpaired) electrons. The maximum atomic E-state index is 15.1. The number of carbonyl (C=O) groups excluding carboxylic acids is 4. The first-order valence-corrected chi connectivity index (χ1v) is 35.8. The van der Waals surface area contributed by atoms with Gasteiger partial charge in [-0.15, -0.1) is 25.3 Å². The second kappa shape index (κ2) is 19.9. The molecule has 0 unspecified atom stereocenters. The van der Waals surface area contributed by atoms with Gasteiger partial charge in [0.05, 0.1) is 11.4 Å². The van der Waals surface area contributed by atoms with Gasteiger partial charge in [-0.25, -0.2) is 9.80 Å². The average Bonchev–Trinajstić information content (AvgIpc) is 1.19. The third kappa shape index (κ3) is 7.41. The molecular weight excluding hydrogens is 1260 g/mol. The fraction of sp³-hybridized carbons (Fsp3) is 0.130. The van der Waals surface area contributed by atoms with Crippen molar-refractivity contribution in [2.45, 2.75) is 88.9 Å². The van der Waals surface area contributed by atoms with Gasteiger partial charge in [-0.3, -0.25) is 19.2 Å². The summed E-state index contributed by atoms with van der Waals surface area (Å²) in [7, 11) is 0. The van der Waals surface area contributed by atoms with E-state index in [1.165, 1.54) is 97.4 Å². The third-order valence-electron chi connectivity index (χ3n) is 23.2. The number of amides is 4. The first-order chi connectivity index (χ1) is 48.4. The molecule has 8 heteroatoms. The Kier molecular flexibility index (Phi) is 11.6. The van der Waals surface area contributed by atoms with Gasteiger partial charge in [-0.05, 0) is 307 Å². The summed E-state index contributed by atoms with van der Waals surface area (Å²) in [4.78, 5) is 64.7. The Morgan fingerprint density at radius 1 is 0.240 bits per heavy atom. The third-order valence-corrected chi connectivity index (χ3v) is 23.7. The van der Waals surface area contributed by atoms with Gasteiger partial charge in [0, 0.05) is 42.8 Å². The SMILES string of the molecule is CC(C)c1cc(S)cc(C(C)C)c1N1C(=O)c2ccc3c4ccc5c6c(ccc(c7ccc(c2c37)C1=O)c64)-c1cc2cc3c(cc2cc1-5)/C=C\c1cc2cc4c(cc2cc1/C=C\3)-c1ccc2c3ccc5c6c(ccc(c7ccc-4c1c72)c63)C(=O)N(c1c(C(C)C)cc(S)cc1C(C)C)C5=O. The molecule has 16 aromatic rings. The quantitative estimate of drug-likeness (QED) is 0.0753. The van der Waals surface area contributed by atoms with Gasteiger partial charge in [0.15, 0.2) is 0 Å². The summed E-state index contributed by atoms with van der Waals surface area (Å²) in [6.45, 7) is 16.8. The van der Waals surface area contributed by atoms with E-state index in [1.807, 2.05) is 48.5 Å². The second-order valence-electron chi connectivity index (χ2n) is 29.9. The molecule has 5 aliphatic rings. The smallest absolute Gasteiger partial charge is 0.266 e. The number of hydrogen-bond acceptors (Lipinski definition) is 6. The summed E-state index contributed by atoms with van der Waals surface area (Å²) in [5.41, 5.74) is 21.6. The molecule has 3 aliphatic carbocycles. The van der Waals surface area contributed by atoms with Gasteiger partial charge < -0.3 is 0 Å². The van der Waals surface area contributed by atoms with Gasteiger partial charge in [0.2, 0.25) is 0 Å². The molecule has 100 heavy (non-hydrogen) atoms. The molecule has 0 spiro atoms. The highest BCUT2D eigenvalue weighted by molar-refractivity contribution is 7.80. The van der Waals surface area contributed by atoms with Gasteiger partial charge >= 0.3 is 0 Å². The number of anilines is 2. The fourth-order valence-electron chi connectivity index (χ4n) is 18.7. The lowest BCUT2D eigenvalue weighted by atomic mass is 9.83. The first kappa shape index (κ1) is 58.1. The summed E-state index contributed by atoms with van der Waals surface area (Å²) in [6.07, 6.45) is 9.12. The molecule has 2 heterocycles. The summed E-state index contributed by atoms with van der Waals surface area (Å²) < 4.78 is 0. The molecule has 0 aromatic heterocycles. The number of imide groups is 2. The number of carbonyl (C=O) groups is 4. The lowest BCUT2D eigenvalue weighted by Crippen LogP contribution is -2.41. The topological polar surface area (TPSA) is 74.8 Å². The Morgan fingerprint density at radius 2 is 0.440 bits per heavy atom. The normalized spacial score (nSPS) is 15.1. The van der Waals surface area contributed by atoms with Crippen LogP contribution in [0.15, 0.2) is 180 Å². The molecule has 0 saturated carbocycles. The van der Waals surface area contributed by atoms with Gasteiger partial charge in [-0.1, -0.05) is 152 Å². The van der Waals surface area contributed by atoms with Crippen molar-refractivity contribution in [1.82, 2.24) is 0 Å². The zero-order valence-corrected chi connectivity index (χ0v) is 58.0. The lowest BCUT2D eigenvalue weighted by molar-refractivity contribution is 0.0877. The number of hydrogen-bond donors (Lipinski definition) is 2. The van der Waals surface area contributed by atoms with E-state index in [0.29, 0.717) is 33.6 Å². The Balaban J connectivity index is 0.631. The predicted octanol–water partition coefficient (Wildman–Crippen LogP) is 24.7. The highest BCUT2D eigenvalue weighted by Gasteiger charge is 2.41. The van der Waals surface area contributed by atoms with E-state index in [4.69, 9.17) is 25.3 Å². The number of rotatable bonds is 6. The van der Waals surface area contributed by atoms with Gasteiger partial charge in [0.25, 0.3) is 23.6 Å². The summed E-state index contributed by atoms with van der Waals surface area (Å²) in [6, 6.07) is 61.4. The van der Waals surface area contributed by atoms with Crippen LogP contribution in [-0.2, 0) is 0 Å². The molecule has 6 nitrogen and oxygen atoms in total. The summed E-state index contributed by atoms with van der Waals surface area (Å²) in [5.74, 6) is -0.941. The minimum Gasteiger partial charge on any atom is -0.268 e. The van der Waals surface area contributed by atoms with Crippen molar-refractivity contribution in [2.75, 3.05) is 9.80 Å². The number of benzene rings is 16. The van der Waals surface area contributed by atoms with Gasteiger partial charge in [-0.2, -0.15) is 0 Å². The van der Waals surface area contributed by atoms with Crippen molar-refractivity contribution >= 4 is 192 Å². The van der Waals surface area contributed by atoms with Crippen molar-refractivity contribution in [3.63, 3.8) is 0 Å². The van der Waals surface area contributed by atoms with Crippen LogP contribution in [0.25, 0.3) is 177 Å². The Labute approximate surface area is 587 Å². The summed E-state index contributed by atoms with van der Waals surface area (Å²) in [5, 5.41) is 21.6. The number of fused-ring (bicyclic) bond motifs is 14. The molecule has 2 aliphatic heterocycles. The van der Waals surface area contributed by atoms with Crippen LogP contribution < -0.4 is 9.80 Å². The maximum Gasteiger partial charge on any atom is 0.266 e. The van der Waals surface area contributed by atoms with E-state index < -0.39 is 0 Å². The minimum atomic E-state index is -0.293. The van der Waals surface area contributed by atoms with Crippen LogP contribution in [0.4, 0.5) is 11.4 Å².